The molecule has 2 atom stereocenters. The highest BCUT2D eigenvalue weighted by Gasteiger charge is 2.34. The predicted molar refractivity (Wildman–Crippen MR) is 78.4 cm³/mol. The number of likely N-dealkylation sites (tertiary alicyclic amines) is 1. The topological polar surface area (TPSA) is 104 Å². The highest BCUT2D eigenvalue weighted by molar-refractivity contribution is 5.88. The zero-order chi connectivity index (χ0) is 15.7. The van der Waals surface area contributed by atoms with Crippen molar-refractivity contribution in [2.24, 2.45) is 0 Å². The number of nitrogens with zero attached hydrogens (tertiary/aromatic N) is 1. The molecule has 0 radical (unpaired) electrons. The lowest BCUT2D eigenvalue weighted by Crippen LogP contribution is -2.69. The van der Waals surface area contributed by atoms with E-state index in [2.05, 4.69) is 10.7 Å². The fourth-order valence-electron chi connectivity index (χ4n) is 3.16. The van der Waals surface area contributed by atoms with Crippen molar-refractivity contribution in [1.82, 2.24) is 9.88 Å². The zero-order valence-corrected chi connectivity index (χ0v) is 12.2. The maximum Gasteiger partial charge on any atom is 0.281 e. The standard InChI is InChI=1S/C16H19N3O3/c17-12(15(20)19-7-3-6-14(19)16(21)22)8-10-9-18-13-5-2-1-4-11(10)13/h1-2,4-5,9,12,14,18H,3,6-8,17H2,(H,21,22)/t12-,14+/m0/s1. The minimum absolute atomic E-state index is 0.211. The molecule has 1 aliphatic rings. The molecule has 0 unspecified atom stereocenters. The van der Waals surface area contributed by atoms with Gasteiger partial charge in [0, 0.05) is 30.1 Å². The van der Waals surface area contributed by atoms with Gasteiger partial charge in [0.2, 0.25) is 0 Å². The molecular weight excluding hydrogens is 282 g/mol. The molecule has 116 valence electrons. The smallest absolute Gasteiger partial charge is 0.281 e. The molecule has 1 aromatic carbocycles. The van der Waals surface area contributed by atoms with Gasteiger partial charge < -0.3 is 25.5 Å². The Kier molecular flexibility index (Phi) is 3.85. The molecule has 2 heterocycles. The Labute approximate surface area is 127 Å². The number of carboxylic acids is 1. The molecule has 1 amide bonds. The van der Waals surface area contributed by atoms with Crippen molar-refractivity contribution in [1.29, 1.82) is 0 Å². The second kappa shape index (κ2) is 5.81. The third-order valence-corrected chi connectivity index (χ3v) is 4.30. The fourth-order valence-corrected chi connectivity index (χ4v) is 3.16. The van der Waals surface area contributed by atoms with Crippen LogP contribution < -0.4 is 10.8 Å². The maximum atomic E-state index is 12.5. The summed E-state index contributed by atoms with van der Waals surface area (Å²) in [6.45, 7) is 0.470. The van der Waals surface area contributed by atoms with Gasteiger partial charge in [0.25, 0.3) is 5.91 Å². The van der Waals surface area contributed by atoms with E-state index in [0.29, 0.717) is 25.8 Å². The Morgan fingerprint density at radius 1 is 1.41 bits per heavy atom. The first-order valence-electron chi connectivity index (χ1n) is 7.47. The van der Waals surface area contributed by atoms with E-state index in [4.69, 9.17) is 0 Å². The van der Waals surface area contributed by atoms with Crippen LogP contribution in [0.4, 0.5) is 0 Å². The molecule has 0 spiro atoms. The number of hydrogen-bond acceptors (Lipinski definition) is 3. The Balaban J connectivity index is 1.75. The van der Waals surface area contributed by atoms with Crippen molar-refractivity contribution in [2.45, 2.75) is 31.3 Å². The van der Waals surface area contributed by atoms with Gasteiger partial charge in [0.15, 0.2) is 6.04 Å². The number of aliphatic carboxylic acids is 1. The first-order valence-corrected chi connectivity index (χ1v) is 7.47. The van der Waals surface area contributed by atoms with Crippen molar-refractivity contribution in [2.75, 3.05) is 6.54 Å². The molecule has 6 heteroatoms. The van der Waals surface area contributed by atoms with Gasteiger partial charge in [-0.2, -0.15) is 0 Å². The van der Waals surface area contributed by atoms with E-state index in [-0.39, 0.29) is 5.91 Å². The third kappa shape index (κ3) is 2.57. The number of rotatable bonds is 4. The van der Waals surface area contributed by atoms with Crippen LogP contribution in [0.2, 0.25) is 0 Å². The van der Waals surface area contributed by atoms with Gasteiger partial charge in [-0.3, -0.25) is 4.79 Å². The van der Waals surface area contributed by atoms with Gasteiger partial charge in [-0.15, -0.1) is 0 Å². The van der Waals surface area contributed by atoms with E-state index in [9.17, 15) is 14.7 Å². The van der Waals surface area contributed by atoms with Crippen molar-refractivity contribution < 1.29 is 20.4 Å². The van der Waals surface area contributed by atoms with Crippen molar-refractivity contribution in [3.8, 4) is 0 Å². The van der Waals surface area contributed by atoms with Crippen LogP contribution in [0.5, 0.6) is 0 Å². The summed E-state index contributed by atoms with van der Waals surface area (Å²) in [6.07, 6.45) is 3.54. The molecular formula is C16H19N3O3. The minimum atomic E-state index is -1.18. The number of carbonyl (C=O) groups excluding carboxylic acids is 2. The molecule has 22 heavy (non-hydrogen) atoms. The molecule has 0 bridgehead atoms. The van der Waals surface area contributed by atoms with Crippen molar-refractivity contribution in [3.63, 3.8) is 0 Å². The average molecular weight is 301 g/mol. The summed E-state index contributed by atoms with van der Waals surface area (Å²) in [6, 6.07) is 6.57. The monoisotopic (exact) mass is 301 g/mol. The first kappa shape index (κ1) is 14.6. The number of amides is 1. The van der Waals surface area contributed by atoms with Crippen LogP contribution in [0.1, 0.15) is 18.4 Å². The quantitative estimate of drug-likeness (QED) is 0.761. The maximum absolute atomic E-state index is 12.5. The van der Waals surface area contributed by atoms with Gasteiger partial charge in [-0.05, 0) is 24.5 Å². The Morgan fingerprint density at radius 2 is 2.18 bits per heavy atom. The second-order valence-corrected chi connectivity index (χ2v) is 5.77. The molecule has 4 N–H and O–H groups in total. The van der Waals surface area contributed by atoms with Crippen LogP contribution in [0.15, 0.2) is 30.5 Å². The van der Waals surface area contributed by atoms with Gasteiger partial charge >= 0.3 is 0 Å². The second-order valence-electron chi connectivity index (χ2n) is 5.77. The largest absolute Gasteiger partial charge is 0.548 e. The van der Waals surface area contributed by atoms with Crippen molar-refractivity contribution in [3.05, 3.63) is 36.0 Å². The minimum Gasteiger partial charge on any atom is -0.548 e. The van der Waals surface area contributed by atoms with Crippen LogP contribution in [0.3, 0.4) is 0 Å². The number of quaternary nitrogens is 1. The van der Waals surface area contributed by atoms with Crippen molar-refractivity contribution >= 4 is 22.8 Å². The van der Waals surface area contributed by atoms with E-state index >= 15 is 0 Å². The number of fused-ring (bicyclic) bond motifs is 1. The molecule has 0 saturated carbocycles. The molecule has 3 rings (SSSR count). The Hall–Kier alpha value is -2.34. The van der Waals surface area contributed by atoms with Gasteiger partial charge in [0.05, 0.1) is 12.0 Å². The number of aromatic amines is 1. The molecule has 1 aromatic heterocycles. The zero-order valence-electron chi connectivity index (χ0n) is 12.2. The number of H-pyrrole nitrogens is 1. The van der Waals surface area contributed by atoms with Gasteiger partial charge in [-0.1, -0.05) is 18.2 Å². The number of nitrogens with one attached hydrogen (secondary N) is 1. The third-order valence-electron chi connectivity index (χ3n) is 4.30. The Bertz CT molecular complexity index is 709. The van der Waals surface area contributed by atoms with Crippen LogP contribution >= 0.6 is 0 Å². The van der Waals surface area contributed by atoms with Crippen LogP contribution in [-0.4, -0.2) is 40.4 Å². The molecule has 1 fully saturated rings. The van der Waals surface area contributed by atoms with Crippen LogP contribution in [0.25, 0.3) is 10.9 Å². The highest BCUT2D eigenvalue weighted by Crippen LogP contribution is 2.21. The van der Waals surface area contributed by atoms with E-state index in [1.165, 1.54) is 4.90 Å². The van der Waals surface area contributed by atoms with E-state index < -0.39 is 18.1 Å². The van der Waals surface area contributed by atoms with E-state index in [0.717, 1.165) is 16.5 Å². The van der Waals surface area contributed by atoms with Gasteiger partial charge in [-0.25, -0.2) is 0 Å². The summed E-state index contributed by atoms with van der Waals surface area (Å²) in [5.74, 6) is -1.39. The van der Waals surface area contributed by atoms with E-state index in [1.54, 1.807) is 0 Å². The SMILES string of the molecule is [NH3+][C@@H](Cc1c[nH]c2ccccc12)C(=O)N1CCC[C@@H]1C(=O)[O-]. The molecule has 1 aliphatic heterocycles. The summed E-state index contributed by atoms with van der Waals surface area (Å²) in [7, 11) is 0. The lowest BCUT2D eigenvalue weighted by Gasteiger charge is -2.26. The van der Waals surface area contributed by atoms with Crippen LogP contribution in [-0.2, 0) is 16.0 Å². The molecule has 0 aliphatic carbocycles. The molecule has 6 nitrogen and oxygen atoms in total. The Morgan fingerprint density at radius 3 is 2.95 bits per heavy atom. The first-order chi connectivity index (χ1) is 10.6. The normalized spacial score (nSPS) is 19.5. The summed E-state index contributed by atoms with van der Waals surface area (Å²) < 4.78 is 0. The number of para-hydroxylation sites is 1. The lowest BCUT2D eigenvalue weighted by molar-refractivity contribution is -0.405. The highest BCUT2D eigenvalue weighted by atomic mass is 16.4. The fraction of sp³-hybridized carbons (Fsp3) is 0.375. The average Bonchev–Trinajstić information content (AvgIpc) is 3.14. The number of benzene rings is 1. The molecule has 1 saturated heterocycles. The summed E-state index contributed by atoms with van der Waals surface area (Å²) >= 11 is 0. The van der Waals surface area contributed by atoms with Gasteiger partial charge in [0.1, 0.15) is 0 Å². The number of carbonyl (C=O) groups is 2. The summed E-state index contributed by atoms with van der Waals surface area (Å²) in [5, 5.41) is 12.2. The van der Waals surface area contributed by atoms with E-state index in [1.807, 2.05) is 30.5 Å². The van der Waals surface area contributed by atoms with Crippen LogP contribution in [0, 0.1) is 0 Å². The lowest BCUT2D eigenvalue weighted by atomic mass is 10.0. The number of carboxylic acid groups (broad SMARTS) is 1. The predicted octanol–water partition coefficient (Wildman–Crippen LogP) is -0.938. The number of aromatic nitrogens is 1. The summed E-state index contributed by atoms with van der Waals surface area (Å²) in [4.78, 5) is 28.2. The summed E-state index contributed by atoms with van der Waals surface area (Å²) in [5.41, 5.74) is 5.98. The number of hydrogen-bond donors (Lipinski definition) is 2. The molecule has 2 aromatic rings.